The molecule has 19 heavy (non-hydrogen) atoms. The fraction of sp³-hybridized carbons (Fsp3) is 0.571. The highest BCUT2D eigenvalue weighted by Crippen LogP contribution is 2.38. The fourth-order valence-electron chi connectivity index (χ4n) is 1.94. The Morgan fingerprint density at radius 3 is 2.74 bits per heavy atom. The first-order valence-corrected chi connectivity index (χ1v) is 6.68. The molecule has 2 rings (SSSR count). The molecule has 0 bridgehead atoms. The molecule has 0 amide bonds. The lowest BCUT2D eigenvalue weighted by molar-refractivity contribution is 0.130. The zero-order chi connectivity index (χ0) is 13.5. The highest BCUT2D eigenvalue weighted by Gasteiger charge is 2.17. The van der Waals surface area contributed by atoms with Crippen LogP contribution < -0.4 is 19.9 Å². The highest BCUT2D eigenvalue weighted by molar-refractivity contribution is 5.51. The van der Waals surface area contributed by atoms with E-state index in [4.69, 9.17) is 24.7 Å². The number of nitrogens with two attached hydrogens (primary N) is 1. The van der Waals surface area contributed by atoms with E-state index in [2.05, 4.69) is 0 Å². The van der Waals surface area contributed by atoms with Crippen molar-refractivity contribution in [2.24, 2.45) is 5.73 Å². The van der Waals surface area contributed by atoms with Crippen LogP contribution in [0.4, 0.5) is 0 Å². The molecule has 5 nitrogen and oxygen atoms in total. The Balaban J connectivity index is 1.97. The van der Waals surface area contributed by atoms with Gasteiger partial charge in [-0.3, -0.25) is 0 Å². The third-order valence-electron chi connectivity index (χ3n) is 2.86. The van der Waals surface area contributed by atoms with Crippen LogP contribution in [0.25, 0.3) is 0 Å². The smallest absolute Gasteiger partial charge is 0.231 e. The minimum absolute atomic E-state index is 0.269. The topological polar surface area (TPSA) is 62.9 Å². The van der Waals surface area contributed by atoms with Gasteiger partial charge in [-0.05, 0) is 31.5 Å². The summed E-state index contributed by atoms with van der Waals surface area (Å²) in [5, 5.41) is 0. The van der Waals surface area contributed by atoms with Crippen LogP contribution in [0.15, 0.2) is 12.1 Å². The summed E-state index contributed by atoms with van der Waals surface area (Å²) in [6, 6.07) is 3.83. The predicted molar refractivity (Wildman–Crippen MR) is 71.9 cm³/mol. The van der Waals surface area contributed by atoms with E-state index in [9.17, 15) is 0 Å². The van der Waals surface area contributed by atoms with E-state index < -0.39 is 0 Å². The molecule has 2 N–H and O–H groups in total. The molecule has 0 saturated carbocycles. The first kappa shape index (κ1) is 14.0. The van der Waals surface area contributed by atoms with Gasteiger partial charge in [0, 0.05) is 25.7 Å². The van der Waals surface area contributed by atoms with Gasteiger partial charge in [-0.2, -0.15) is 0 Å². The van der Waals surface area contributed by atoms with Gasteiger partial charge in [-0.1, -0.05) is 0 Å². The fourth-order valence-corrected chi connectivity index (χ4v) is 1.94. The van der Waals surface area contributed by atoms with Gasteiger partial charge in [0.2, 0.25) is 6.79 Å². The van der Waals surface area contributed by atoms with E-state index in [1.165, 1.54) is 0 Å². The number of fused-ring (bicyclic) bond motifs is 1. The first-order chi connectivity index (χ1) is 9.35. The van der Waals surface area contributed by atoms with Gasteiger partial charge < -0.3 is 24.7 Å². The van der Waals surface area contributed by atoms with Crippen LogP contribution in [0.1, 0.15) is 18.9 Å². The first-order valence-electron chi connectivity index (χ1n) is 6.68. The molecule has 1 aromatic carbocycles. The van der Waals surface area contributed by atoms with Gasteiger partial charge in [0.25, 0.3) is 0 Å². The molecule has 0 aliphatic carbocycles. The number of benzene rings is 1. The molecule has 1 aliphatic heterocycles. The van der Waals surface area contributed by atoms with Crippen molar-refractivity contribution in [3.8, 4) is 17.2 Å². The Bertz CT molecular complexity index is 409. The maximum atomic E-state index is 5.79. The Kier molecular flexibility index (Phi) is 5.30. The molecular weight excluding hydrogens is 246 g/mol. The largest absolute Gasteiger partial charge is 0.493 e. The monoisotopic (exact) mass is 267 g/mol. The van der Waals surface area contributed by atoms with Crippen molar-refractivity contribution in [1.29, 1.82) is 0 Å². The summed E-state index contributed by atoms with van der Waals surface area (Å²) in [5.74, 6) is 2.33. The minimum atomic E-state index is 0.269. The molecule has 0 unspecified atom stereocenters. The van der Waals surface area contributed by atoms with E-state index in [0.29, 0.717) is 19.8 Å². The van der Waals surface area contributed by atoms with Crippen molar-refractivity contribution in [3.63, 3.8) is 0 Å². The quantitative estimate of drug-likeness (QED) is 0.727. The van der Waals surface area contributed by atoms with Gasteiger partial charge in [0.05, 0.1) is 6.61 Å². The van der Waals surface area contributed by atoms with Crippen LogP contribution in [0.2, 0.25) is 0 Å². The molecule has 0 spiro atoms. The Hall–Kier alpha value is -1.46. The molecule has 106 valence electrons. The molecular formula is C14H21NO4. The van der Waals surface area contributed by atoms with Gasteiger partial charge in [-0.25, -0.2) is 0 Å². The summed E-state index contributed by atoms with van der Waals surface area (Å²) < 4.78 is 21.8. The third kappa shape index (κ3) is 3.75. The average Bonchev–Trinajstić information content (AvgIpc) is 2.86. The molecule has 0 fully saturated rings. The van der Waals surface area contributed by atoms with E-state index in [1.54, 1.807) is 0 Å². The SMILES string of the molecule is CCOCCCOc1cc2c(cc1CCN)OCO2. The van der Waals surface area contributed by atoms with Gasteiger partial charge in [0.15, 0.2) is 11.5 Å². The standard InChI is InChI=1S/C14H21NO4/c1-2-16-6-3-7-17-12-9-14-13(18-10-19-14)8-11(12)4-5-15/h8-9H,2-7,10,15H2,1H3. The second kappa shape index (κ2) is 7.21. The van der Waals surface area contributed by atoms with E-state index in [0.717, 1.165) is 42.3 Å². The lowest BCUT2D eigenvalue weighted by Gasteiger charge is -2.12. The van der Waals surface area contributed by atoms with Crippen LogP contribution in [0.3, 0.4) is 0 Å². The molecule has 0 radical (unpaired) electrons. The molecule has 1 aromatic rings. The van der Waals surface area contributed by atoms with Crippen LogP contribution in [-0.4, -0.2) is 33.2 Å². The molecule has 5 heteroatoms. The lowest BCUT2D eigenvalue weighted by atomic mass is 10.1. The van der Waals surface area contributed by atoms with E-state index in [1.807, 2.05) is 19.1 Å². The van der Waals surface area contributed by atoms with Gasteiger partial charge in [0.1, 0.15) is 5.75 Å². The van der Waals surface area contributed by atoms with Crippen molar-refractivity contribution in [1.82, 2.24) is 0 Å². The summed E-state index contributed by atoms with van der Waals surface area (Å²) in [6.07, 6.45) is 1.63. The third-order valence-corrected chi connectivity index (χ3v) is 2.86. The zero-order valence-electron chi connectivity index (χ0n) is 11.3. The Morgan fingerprint density at radius 2 is 2.00 bits per heavy atom. The Morgan fingerprint density at radius 1 is 1.21 bits per heavy atom. The summed E-state index contributed by atoms with van der Waals surface area (Å²) in [5.41, 5.74) is 6.68. The molecule has 0 atom stereocenters. The highest BCUT2D eigenvalue weighted by atomic mass is 16.7. The summed E-state index contributed by atoms with van der Waals surface area (Å²) in [4.78, 5) is 0. The normalized spacial score (nSPS) is 12.7. The van der Waals surface area contributed by atoms with E-state index in [-0.39, 0.29) is 6.79 Å². The van der Waals surface area contributed by atoms with Gasteiger partial charge >= 0.3 is 0 Å². The molecule has 0 saturated heterocycles. The second-order valence-electron chi connectivity index (χ2n) is 4.25. The van der Waals surface area contributed by atoms with Crippen molar-refractivity contribution >= 4 is 0 Å². The van der Waals surface area contributed by atoms with Crippen LogP contribution in [0.5, 0.6) is 17.2 Å². The van der Waals surface area contributed by atoms with Crippen molar-refractivity contribution in [3.05, 3.63) is 17.7 Å². The van der Waals surface area contributed by atoms with Crippen molar-refractivity contribution < 1.29 is 18.9 Å². The van der Waals surface area contributed by atoms with Crippen molar-refractivity contribution in [2.75, 3.05) is 33.2 Å². The average molecular weight is 267 g/mol. The molecule has 1 aliphatic rings. The summed E-state index contributed by atoms with van der Waals surface area (Å²) in [7, 11) is 0. The van der Waals surface area contributed by atoms with Gasteiger partial charge in [-0.15, -0.1) is 0 Å². The lowest BCUT2D eigenvalue weighted by Crippen LogP contribution is -2.07. The predicted octanol–water partition coefficient (Wildman–Crippen LogP) is 1.72. The molecule has 1 heterocycles. The summed E-state index contributed by atoms with van der Waals surface area (Å²) >= 11 is 0. The van der Waals surface area contributed by atoms with Crippen molar-refractivity contribution in [2.45, 2.75) is 19.8 Å². The maximum absolute atomic E-state index is 5.79. The number of rotatable bonds is 8. The van der Waals surface area contributed by atoms with E-state index >= 15 is 0 Å². The number of hydrogen-bond donors (Lipinski definition) is 1. The minimum Gasteiger partial charge on any atom is -0.493 e. The molecule has 0 aromatic heterocycles. The second-order valence-corrected chi connectivity index (χ2v) is 4.25. The van der Waals surface area contributed by atoms with Crippen LogP contribution >= 0.6 is 0 Å². The Labute approximate surface area is 113 Å². The summed E-state index contributed by atoms with van der Waals surface area (Å²) in [6.45, 7) is 4.91. The number of hydrogen-bond acceptors (Lipinski definition) is 5. The zero-order valence-corrected chi connectivity index (χ0v) is 11.3. The maximum Gasteiger partial charge on any atom is 0.231 e. The number of ether oxygens (including phenoxy) is 4. The van der Waals surface area contributed by atoms with Crippen LogP contribution in [-0.2, 0) is 11.2 Å². The van der Waals surface area contributed by atoms with Crippen LogP contribution in [0, 0.1) is 0 Å².